The van der Waals surface area contributed by atoms with Gasteiger partial charge in [-0.3, -0.25) is 4.72 Å². The second kappa shape index (κ2) is 9.24. The molecule has 2 aromatic carbocycles. The van der Waals surface area contributed by atoms with Crippen molar-refractivity contribution in [2.24, 2.45) is 0 Å². The van der Waals surface area contributed by atoms with Crippen molar-refractivity contribution in [3.63, 3.8) is 0 Å². The lowest BCUT2D eigenvalue weighted by Crippen LogP contribution is -2.31. The van der Waals surface area contributed by atoms with E-state index in [0.29, 0.717) is 17.1 Å². The van der Waals surface area contributed by atoms with Crippen molar-refractivity contribution in [3.8, 4) is 6.07 Å². The van der Waals surface area contributed by atoms with Gasteiger partial charge in [0, 0.05) is 36.2 Å². The molecule has 1 aliphatic heterocycles. The highest BCUT2D eigenvalue weighted by Gasteiger charge is 2.16. The quantitative estimate of drug-likeness (QED) is 0.581. The molecule has 164 valence electrons. The summed E-state index contributed by atoms with van der Waals surface area (Å²) in [6.45, 7) is 3.88. The Balaban J connectivity index is 1.46. The Morgan fingerprint density at radius 2 is 1.59 bits per heavy atom. The first-order chi connectivity index (χ1) is 15.4. The molecule has 9 heteroatoms. The van der Waals surface area contributed by atoms with E-state index in [9.17, 15) is 8.42 Å². The number of anilines is 4. The molecule has 0 saturated carbocycles. The van der Waals surface area contributed by atoms with Crippen molar-refractivity contribution in [1.29, 1.82) is 5.26 Å². The van der Waals surface area contributed by atoms with E-state index in [1.807, 2.05) is 19.1 Å². The Morgan fingerprint density at radius 1 is 0.938 bits per heavy atom. The predicted molar refractivity (Wildman–Crippen MR) is 125 cm³/mol. The predicted octanol–water partition coefficient (Wildman–Crippen LogP) is 4.19. The van der Waals surface area contributed by atoms with E-state index in [1.165, 1.54) is 30.7 Å². The van der Waals surface area contributed by atoms with Crippen LogP contribution in [0.4, 0.5) is 23.1 Å². The normalized spacial score (nSPS) is 13.9. The molecule has 0 radical (unpaired) electrons. The van der Waals surface area contributed by atoms with Crippen LogP contribution in [0.1, 0.15) is 30.5 Å². The zero-order valence-corrected chi connectivity index (χ0v) is 18.6. The van der Waals surface area contributed by atoms with Crippen LogP contribution in [-0.4, -0.2) is 31.5 Å². The molecule has 4 rings (SSSR count). The molecule has 0 spiro atoms. The molecule has 1 aliphatic rings. The summed E-state index contributed by atoms with van der Waals surface area (Å²) in [6.07, 6.45) is 3.55. The zero-order chi connectivity index (χ0) is 22.6. The standard InChI is InChI=1S/C23H24N6O2S/c1-17-15-22(27-23(25-17)29-13-3-2-4-14-29)26-19-7-9-20(10-8-19)28-32(30,31)21-11-5-18(16-24)6-12-21/h5-12,15,28H,2-4,13-14H2,1H3,(H,25,26,27). The van der Waals surface area contributed by atoms with Gasteiger partial charge in [-0.05, 0) is 74.7 Å². The molecule has 32 heavy (non-hydrogen) atoms. The van der Waals surface area contributed by atoms with Gasteiger partial charge < -0.3 is 10.2 Å². The molecule has 2 heterocycles. The molecule has 0 unspecified atom stereocenters. The van der Waals surface area contributed by atoms with Gasteiger partial charge in [-0.2, -0.15) is 10.2 Å². The van der Waals surface area contributed by atoms with E-state index < -0.39 is 10.0 Å². The second-order valence-electron chi connectivity index (χ2n) is 7.69. The zero-order valence-electron chi connectivity index (χ0n) is 17.7. The SMILES string of the molecule is Cc1cc(Nc2ccc(NS(=O)(=O)c3ccc(C#N)cc3)cc2)nc(N2CCCCC2)n1. The third kappa shape index (κ3) is 5.15. The van der Waals surface area contributed by atoms with E-state index in [0.717, 1.165) is 43.3 Å². The van der Waals surface area contributed by atoms with Crippen LogP contribution in [0.15, 0.2) is 59.5 Å². The van der Waals surface area contributed by atoms with Crippen LogP contribution in [0, 0.1) is 18.3 Å². The third-order valence-electron chi connectivity index (χ3n) is 5.18. The van der Waals surface area contributed by atoms with Crippen LogP contribution >= 0.6 is 0 Å². The maximum Gasteiger partial charge on any atom is 0.261 e. The molecule has 3 aromatic rings. The monoisotopic (exact) mass is 448 g/mol. The summed E-state index contributed by atoms with van der Waals surface area (Å²) in [4.78, 5) is 11.5. The first-order valence-corrected chi connectivity index (χ1v) is 11.9. The number of rotatable bonds is 6. The first-order valence-electron chi connectivity index (χ1n) is 10.4. The minimum atomic E-state index is -3.74. The summed E-state index contributed by atoms with van der Waals surface area (Å²) in [5.41, 5.74) is 2.51. The largest absolute Gasteiger partial charge is 0.341 e. The molecule has 0 amide bonds. The summed E-state index contributed by atoms with van der Waals surface area (Å²) in [5, 5.41) is 12.1. The summed E-state index contributed by atoms with van der Waals surface area (Å²) >= 11 is 0. The van der Waals surface area contributed by atoms with Crippen LogP contribution in [0.2, 0.25) is 0 Å². The number of benzene rings is 2. The second-order valence-corrected chi connectivity index (χ2v) is 9.37. The summed E-state index contributed by atoms with van der Waals surface area (Å²) in [7, 11) is -3.74. The highest BCUT2D eigenvalue weighted by atomic mass is 32.2. The Labute approximate surface area is 188 Å². The van der Waals surface area contributed by atoms with Gasteiger partial charge in [0.25, 0.3) is 10.0 Å². The van der Waals surface area contributed by atoms with Gasteiger partial charge in [0.15, 0.2) is 0 Å². The Bertz CT molecular complexity index is 1230. The highest BCUT2D eigenvalue weighted by molar-refractivity contribution is 7.92. The minimum absolute atomic E-state index is 0.0976. The Hall–Kier alpha value is -3.64. The number of aromatic nitrogens is 2. The fourth-order valence-electron chi connectivity index (χ4n) is 3.54. The van der Waals surface area contributed by atoms with Crippen molar-refractivity contribution in [2.75, 3.05) is 28.0 Å². The topological polar surface area (TPSA) is 111 Å². The lowest BCUT2D eigenvalue weighted by Gasteiger charge is -2.27. The van der Waals surface area contributed by atoms with E-state index in [1.54, 1.807) is 24.3 Å². The van der Waals surface area contributed by atoms with Gasteiger partial charge >= 0.3 is 0 Å². The Kier molecular flexibility index (Phi) is 6.23. The van der Waals surface area contributed by atoms with Gasteiger partial charge in [-0.15, -0.1) is 0 Å². The molecule has 1 aromatic heterocycles. The molecule has 2 N–H and O–H groups in total. The fourth-order valence-corrected chi connectivity index (χ4v) is 4.60. The number of hydrogen-bond acceptors (Lipinski definition) is 7. The molecule has 8 nitrogen and oxygen atoms in total. The molecular formula is C23H24N6O2S. The van der Waals surface area contributed by atoms with E-state index in [-0.39, 0.29) is 4.90 Å². The molecule has 0 atom stereocenters. The van der Waals surface area contributed by atoms with Crippen LogP contribution < -0.4 is 14.9 Å². The van der Waals surface area contributed by atoms with Crippen LogP contribution in [-0.2, 0) is 10.0 Å². The lowest BCUT2D eigenvalue weighted by molar-refractivity contribution is 0.568. The maximum absolute atomic E-state index is 12.6. The van der Waals surface area contributed by atoms with Crippen LogP contribution in [0.25, 0.3) is 0 Å². The van der Waals surface area contributed by atoms with E-state index >= 15 is 0 Å². The Morgan fingerprint density at radius 3 is 2.25 bits per heavy atom. The van der Waals surface area contributed by atoms with E-state index in [2.05, 4.69) is 24.9 Å². The number of nitrogens with one attached hydrogen (secondary N) is 2. The third-order valence-corrected chi connectivity index (χ3v) is 6.58. The first kappa shape index (κ1) is 21.6. The van der Waals surface area contributed by atoms with Gasteiger partial charge in [0.05, 0.1) is 16.5 Å². The number of aryl methyl sites for hydroxylation is 1. The molecule has 1 fully saturated rings. The minimum Gasteiger partial charge on any atom is -0.341 e. The van der Waals surface area contributed by atoms with Crippen LogP contribution in [0.5, 0.6) is 0 Å². The van der Waals surface area contributed by atoms with Crippen LogP contribution in [0.3, 0.4) is 0 Å². The van der Waals surface area contributed by atoms with Crippen molar-refractivity contribution in [2.45, 2.75) is 31.1 Å². The van der Waals surface area contributed by atoms with Crippen molar-refractivity contribution < 1.29 is 8.42 Å². The molecule has 0 bridgehead atoms. The average molecular weight is 449 g/mol. The molecular weight excluding hydrogens is 424 g/mol. The van der Waals surface area contributed by atoms with Gasteiger partial charge in [0.2, 0.25) is 5.95 Å². The smallest absolute Gasteiger partial charge is 0.261 e. The van der Waals surface area contributed by atoms with Crippen molar-refractivity contribution >= 4 is 33.2 Å². The average Bonchev–Trinajstić information content (AvgIpc) is 2.80. The lowest BCUT2D eigenvalue weighted by atomic mass is 10.1. The highest BCUT2D eigenvalue weighted by Crippen LogP contribution is 2.23. The number of nitrogens with zero attached hydrogens (tertiary/aromatic N) is 4. The van der Waals surface area contributed by atoms with Crippen molar-refractivity contribution in [3.05, 3.63) is 65.9 Å². The van der Waals surface area contributed by atoms with Gasteiger partial charge in [-0.1, -0.05) is 0 Å². The van der Waals surface area contributed by atoms with Gasteiger partial charge in [-0.25, -0.2) is 13.4 Å². The summed E-state index contributed by atoms with van der Waals surface area (Å²) in [5.74, 6) is 1.43. The molecule has 1 saturated heterocycles. The number of nitriles is 1. The summed E-state index contributed by atoms with van der Waals surface area (Å²) in [6, 6.07) is 16.6. The molecule has 0 aliphatic carbocycles. The summed E-state index contributed by atoms with van der Waals surface area (Å²) < 4.78 is 27.7. The van der Waals surface area contributed by atoms with E-state index in [4.69, 9.17) is 5.26 Å². The van der Waals surface area contributed by atoms with Gasteiger partial charge in [0.1, 0.15) is 5.82 Å². The fraction of sp³-hybridized carbons (Fsp3) is 0.261. The number of piperidine rings is 1. The van der Waals surface area contributed by atoms with Crippen molar-refractivity contribution in [1.82, 2.24) is 9.97 Å². The maximum atomic E-state index is 12.6. The number of hydrogen-bond donors (Lipinski definition) is 2. The number of sulfonamides is 1.